The van der Waals surface area contributed by atoms with Crippen LogP contribution in [0.1, 0.15) is 34.7 Å². The molecule has 0 radical (unpaired) electrons. The SMILES string of the molecule is Cc1cc(=O)c(C(=O)NC(C)c2ccccc2)nn1-c1ccccc1[N+](=O)[O-]. The van der Waals surface area contributed by atoms with E-state index in [1.165, 1.54) is 28.9 Å². The van der Waals surface area contributed by atoms with E-state index < -0.39 is 16.3 Å². The molecule has 0 fully saturated rings. The van der Waals surface area contributed by atoms with Crippen LogP contribution in [0.15, 0.2) is 65.5 Å². The van der Waals surface area contributed by atoms with Crippen LogP contribution in [-0.2, 0) is 0 Å². The molecular weight excluding hydrogens is 360 g/mol. The fraction of sp³-hybridized carbons (Fsp3) is 0.150. The maximum atomic E-state index is 12.6. The molecule has 1 heterocycles. The number of aromatic nitrogens is 2. The summed E-state index contributed by atoms with van der Waals surface area (Å²) in [5, 5.41) is 18.2. The van der Waals surface area contributed by atoms with Gasteiger partial charge in [-0.3, -0.25) is 19.7 Å². The van der Waals surface area contributed by atoms with Gasteiger partial charge >= 0.3 is 0 Å². The van der Waals surface area contributed by atoms with Gasteiger partial charge in [0.05, 0.1) is 11.0 Å². The zero-order valence-corrected chi connectivity index (χ0v) is 15.3. The normalized spacial score (nSPS) is 11.6. The largest absolute Gasteiger partial charge is 0.344 e. The molecule has 0 bridgehead atoms. The number of nitrogens with zero attached hydrogens (tertiary/aromatic N) is 3. The van der Waals surface area contributed by atoms with Crippen molar-refractivity contribution < 1.29 is 9.72 Å². The van der Waals surface area contributed by atoms with E-state index in [2.05, 4.69) is 10.4 Å². The van der Waals surface area contributed by atoms with Crippen LogP contribution in [0.4, 0.5) is 5.69 Å². The highest BCUT2D eigenvalue weighted by Crippen LogP contribution is 2.22. The van der Waals surface area contributed by atoms with Gasteiger partial charge < -0.3 is 5.32 Å². The molecule has 1 atom stereocenters. The van der Waals surface area contributed by atoms with E-state index >= 15 is 0 Å². The van der Waals surface area contributed by atoms with Gasteiger partial charge in [0.25, 0.3) is 11.6 Å². The first kappa shape index (κ1) is 19.0. The van der Waals surface area contributed by atoms with Gasteiger partial charge in [-0.15, -0.1) is 0 Å². The molecule has 3 rings (SSSR count). The number of amides is 1. The Kier molecular flexibility index (Phi) is 5.30. The average molecular weight is 378 g/mol. The first-order valence-corrected chi connectivity index (χ1v) is 8.59. The van der Waals surface area contributed by atoms with Crippen LogP contribution in [0.2, 0.25) is 0 Å². The summed E-state index contributed by atoms with van der Waals surface area (Å²) in [6.45, 7) is 3.39. The fourth-order valence-electron chi connectivity index (χ4n) is 2.84. The Bertz CT molecular complexity index is 1090. The fourth-order valence-corrected chi connectivity index (χ4v) is 2.84. The number of hydrogen-bond acceptors (Lipinski definition) is 5. The van der Waals surface area contributed by atoms with Crippen molar-refractivity contribution in [2.75, 3.05) is 0 Å². The summed E-state index contributed by atoms with van der Waals surface area (Å²) in [7, 11) is 0. The van der Waals surface area contributed by atoms with Crippen molar-refractivity contribution in [2.24, 2.45) is 0 Å². The van der Waals surface area contributed by atoms with Crippen LogP contribution in [0.25, 0.3) is 5.69 Å². The summed E-state index contributed by atoms with van der Waals surface area (Å²) in [5.41, 5.74) is 0.381. The van der Waals surface area contributed by atoms with Crippen molar-refractivity contribution in [1.29, 1.82) is 0 Å². The summed E-state index contributed by atoms with van der Waals surface area (Å²) in [4.78, 5) is 35.8. The maximum Gasteiger partial charge on any atom is 0.294 e. The Labute approximate surface area is 160 Å². The van der Waals surface area contributed by atoms with Gasteiger partial charge in [0.2, 0.25) is 5.43 Å². The number of carbonyl (C=O) groups excluding carboxylic acids is 1. The van der Waals surface area contributed by atoms with E-state index in [0.717, 1.165) is 5.56 Å². The van der Waals surface area contributed by atoms with Crippen molar-refractivity contribution in [3.8, 4) is 5.69 Å². The van der Waals surface area contributed by atoms with Crippen LogP contribution >= 0.6 is 0 Å². The third-order valence-corrected chi connectivity index (χ3v) is 4.28. The number of aryl methyl sites for hydroxylation is 1. The van der Waals surface area contributed by atoms with Gasteiger partial charge in [0.15, 0.2) is 5.69 Å². The highest BCUT2D eigenvalue weighted by atomic mass is 16.6. The maximum absolute atomic E-state index is 12.6. The topological polar surface area (TPSA) is 107 Å². The number of rotatable bonds is 5. The number of carbonyl (C=O) groups is 1. The van der Waals surface area contributed by atoms with Gasteiger partial charge in [-0.25, -0.2) is 4.68 Å². The summed E-state index contributed by atoms with van der Waals surface area (Å²) in [6.07, 6.45) is 0. The molecule has 3 aromatic rings. The first-order chi connectivity index (χ1) is 13.4. The number of benzene rings is 2. The molecular formula is C20H18N4O4. The molecule has 1 amide bonds. The number of nitro groups is 1. The molecule has 142 valence electrons. The van der Waals surface area contributed by atoms with Gasteiger partial charge in [0.1, 0.15) is 5.69 Å². The van der Waals surface area contributed by atoms with Crippen molar-refractivity contribution in [3.63, 3.8) is 0 Å². The molecule has 0 saturated heterocycles. The Morgan fingerprint density at radius 3 is 2.46 bits per heavy atom. The Hall–Kier alpha value is -3.81. The quantitative estimate of drug-likeness (QED) is 0.542. The first-order valence-electron chi connectivity index (χ1n) is 8.59. The zero-order valence-electron chi connectivity index (χ0n) is 15.3. The molecule has 0 aliphatic carbocycles. The predicted octanol–water partition coefficient (Wildman–Crippen LogP) is 2.94. The highest BCUT2D eigenvalue weighted by Gasteiger charge is 2.21. The van der Waals surface area contributed by atoms with E-state index in [4.69, 9.17) is 0 Å². The molecule has 8 nitrogen and oxygen atoms in total. The van der Waals surface area contributed by atoms with Crippen LogP contribution < -0.4 is 10.7 Å². The third-order valence-electron chi connectivity index (χ3n) is 4.28. The van der Waals surface area contributed by atoms with Gasteiger partial charge in [-0.05, 0) is 25.5 Å². The highest BCUT2D eigenvalue weighted by molar-refractivity contribution is 5.92. The lowest BCUT2D eigenvalue weighted by molar-refractivity contribution is -0.384. The molecule has 1 N–H and O–H groups in total. The van der Waals surface area contributed by atoms with Gasteiger partial charge in [-0.2, -0.15) is 5.10 Å². The average Bonchev–Trinajstić information content (AvgIpc) is 2.68. The third kappa shape index (κ3) is 3.80. The van der Waals surface area contributed by atoms with Crippen LogP contribution in [-0.4, -0.2) is 20.6 Å². The molecule has 1 unspecified atom stereocenters. The second-order valence-electron chi connectivity index (χ2n) is 6.26. The minimum Gasteiger partial charge on any atom is -0.344 e. The summed E-state index contributed by atoms with van der Waals surface area (Å²) < 4.78 is 1.24. The number of para-hydroxylation sites is 2. The number of hydrogen-bond donors (Lipinski definition) is 1. The van der Waals surface area contributed by atoms with E-state index in [9.17, 15) is 19.7 Å². The summed E-state index contributed by atoms with van der Waals surface area (Å²) >= 11 is 0. The minimum absolute atomic E-state index is 0.175. The number of nitrogens with one attached hydrogen (secondary N) is 1. The molecule has 2 aromatic carbocycles. The Morgan fingerprint density at radius 1 is 1.14 bits per heavy atom. The standard InChI is InChI=1S/C20H18N4O4/c1-13-12-18(25)19(20(26)21-14(2)15-8-4-3-5-9-15)22-23(13)16-10-6-7-11-17(16)24(27)28/h3-12,14H,1-2H3,(H,21,26). The minimum atomic E-state index is -0.645. The smallest absolute Gasteiger partial charge is 0.294 e. The second kappa shape index (κ2) is 7.83. The molecule has 0 aliphatic heterocycles. The van der Waals surface area contributed by atoms with E-state index in [1.807, 2.05) is 30.3 Å². The van der Waals surface area contributed by atoms with Crippen LogP contribution in [0.3, 0.4) is 0 Å². The van der Waals surface area contributed by atoms with Crippen molar-refractivity contribution in [2.45, 2.75) is 19.9 Å². The van der Waals surface area contributed by atoms with Crippen molar-refractivity contribution in [3.05, 3.63) is 98.0 Å². The zero-order chi connectivity index (χ0) is 20.3. The van der Waals surface area contributed by atoms with Crippen molar-refractivity contribution in [1.82, 2.24) is 15.1 Å². The van der Waals surface area contributed by atoms with E-state index in [1.54, 1.807) is 19.9 Å². The lowest BCUT2D eigenvalue weighted by atomic mass is 10.1. The molecule has 0 aliphatic rings. The van der Waals surface area contributed by atoms with Crippen molar-refractivity contribution >= 4 is 11.6 Å². The molecule has 0 saturated carbocycles. The van der Waals surface area contributed by atoms with Crippen LogP contribution in [0, 0.1) is 17.0 Å². The number of nitro benzene ring substituents is 1. The monoisotopic (exact) mass is 378 g/mol. The molecule has 1 aromatic heterocycles. The summed E-state index contributed by atoms with van der Waals surface area (Å²) in [5.74, 6) is -0.645. The van der Waals surface area contributed by atoms with E-state index in [0.29, 0.717) is 5.69 Å². The predicted molar refractivity (Wildman–Crippen MR) is 104 cm³/mol. The molecule has 28 heavy (non-hydrogen) atoms. The van der Waals surface area contributed by atoms with Gasteiger partial charge in [-0.1, -0.05) is 42.5 Å². The second-order valence-corrected chi connectivity index (χ2v) is 6.26. The lowest BCUT2D eigenvalue weighted by Crippen LogP contribution is -2.33. The summed E-state index contributed by atoms with van der Waals surface area (Å²) in [6, 6.07) is 16.2. The molecule has 8 heteroatoms. The van der Waals surface area contributed by atoms with Crippen LogP contribution in [0.5, 0.6) is 0 Å². The van der Waals surface area contributed by atoms with Gasteiger partial charge in [0, 0.05) is 17.8 Å². The van der Waals surface area contributed by atoms with E-state index in [-0.39, 0.29) is 23.1 Å². The Morgan fingerprint density at radius 2 is 1.79 bits per heavy atom. The Balaban J connectivity index is 2.00. The lowest BCUT2D eigenvalue weighted by Gasteiger charge is -2.15. The molecule has 0 spiro atoms.